The fraction of sp³-hybridized carbons (Fsp3) is 0.333. The molecular weight excluding hydrogens is 190 g/mol. The topological polar surface area (TPSA) is 46.2 Å². The Kier molecular flexibility index (Phi) is 2.54. The zero-order valence-corrected chi connectivity index (χ0v) is 8.67. The van der Waals surface area contributed by atoms with Crippen molar-refractivity contribution in [2.45, 2.75) is 26.2 Å². The molecule has 1 heterocycles. The molecule has 78 valence electrons. The summed E-state index contributed by atoms with van der Waals surface area (Å²) in [7, 11) is 0. The van der Waals surface area contributed by atoms with Crippen LogP contribution >= 0.6 is 0 Å². The number of fused-ring (bicyclic) bond motifs is 1. The summed E-state index contributed by atoms with van der Waals surface area (Å²) in [5, 5.41) is 2.65. The van der Waals surface area contributed by atoms with Crippen molar-refractivity contribution in [3.63, 3.8) is 0 Å². The summed E-state index contributed by atoms with van der Waals surface area (Å²) < 4.78 is 0. The second kappa shape index (κ2) is 3.85. The van der Waals surface area contributed by atoms with Gasteiger partial charge in [0.1, 0.15) is 0 Å². The Bertz CT molecular complexity index is 424. The molecule has 2 rings (SSSR count). The quantitative estimate of drug-likeness (QED) is 0.654. The third kappa shape index (κ3) is 2.06. The van der Waals surface area contributed by atoms with Crippen LogP contribution < -0.4 is 5.32 Å². The van der Waals surface area contributed by atoms with E-state index in [1.54, 1.807) is 0 Å². The van der Waals surface area contributed by atoms with Gasteiger partial charge >= 0.3 is 0 Å². The molecule has 0 aliphatic carbocycles. The molecule has 0 aromatic heterocycles. The van der Waals surface area contributed by atoms with Crippen LogP contribution in [0.15, 0.2) is 18.2 Å². The van der Waals surface area contributed by atoms with Gasteiger partial charge in [-0.2, -0.15) is 0 Å². The van der Waals surface area contributed by atoms with E-state index in [0.717, 1.165) is 24.1 Å². The van der Waals surface area contributed by atoms with Crippen molar-refractivity contribution in [1.29, 1.82) is 0 Å². The van der Waals surface area contributed by atoms with Crippen molar-refractivity contribution in [3.05, 3.63) is 29.3 Å². The number of aryl methyl sites for hydroxylation is 2. The SMILES string of the molecule is Cc1ccc2c(c1)CCCC(=O)C(=O)N2. The lowest BCUT2D eigenvalue weighted by Crippen LogP contribution is -2.25. The van der Waals surface area contributed by atoms with Gasteiger partial charge in [0.2, 0.25) is 5.78 Å². The molecule has 0 atom stereocenters. The van der Waals surface area contributed by atoms with E-state index in [1.165, 1.54) is 5.56 Å². The van der Waals surface area contributed by atoms with Crippen molar-refractivity contribution in [2.75, 3.05) is 5.32 Å². The number of ketones is 1. The van der Waals surface area contributed by atoms with Crippen LogP contribution in [-0.4, -0.2) is 11.7 Å². The predicted molar refractivity (Wildman–Crippen MR) is 57.8 cm³/mol. The number of hydrogen-bond acceptors (Lipinski definition) is 2. The van der Waals surface area contributed by atoms with Gasteiger partial charge in [-0.3, -0.25) is 9.59 Å². The summed E-state index contributed by atoms with van der Waals surface area (Å²) in [6.45, 7) is 2.02. The molecule has 1 aromatic rings. The maximum atomic E-state index is 11.4. The largest absolute Gasteiger partial charge is 0.319 e. The third-order valence-electron chi connectivity index (χ3n) is 2.61. The number of rotatable bonds is 0. The van der Waals surface area contributed by atoms with Gasteiger partial charge in [0, 0.05) is 12.1 Å². The molecule has 1 aliphatic rings. The number of carbonyl (C=O) groups excluding carboxylic acids is 2. The minimum Gasteiger partial charge on any atom is -0.319 e. The van der Waals surface area contributed by atoms with E-state index in [2.05, 4.69) is 11.4 Å². The number of Topliss-reactive ketones (excluding diaryl/α,β-unsaturated/α-hetero) is 1. The van der Waals surface area contributed by atoms with E-state index in [0.29, 0.717) is 6.42 Å². The first-order valence-corrected chi connectivity index (χ1v) is 5.10. The number of carbonyl (C=O) groups is 2. The Morgan fingerprint density at radius 1 is 1.20 bits per heavy atom. The van der Waals surface area contributed by atoms with Crippen LogP contribution in [0.2, 0.25) is 0 Å². The van der Waals surface area contributed by atoms with Gasteiger partial charge in [-0.05, 0) is 31.4 Å². The van der Waals surface area contributed by atoms with Crippen LogP contribution in [0.4, 0.5) is 5.69 Å². The molecule has 15 heavy (non-hydrogen) atoms. The zero-order valence-electron chi connectivity index (χ0n) is 8.67. The highest BCUT2D eigenvalue weighted by molar-refractivity contribution is 6.40. The fourth-order valence-corrected chi connectivity index (χ4v) is 1.80. The molecule has 0 unspecified atom stereocenters. The Balaban J connectivity index is 2.37. The lowest BCUT2D eigenvalue weighted by molar-refractivity contribution is -0.134. The summed E-state index contributed by atoms with van der Waals surface area (Å²) >= 11 is 0. The molecule has 1 amide bonds. The van der Waals surface area contributed by atoms with Gasteiger partial charge in [0.25, 0.3) is 5.91 Å². The van der Waals surface area contributed by atoms with Crippen LogP contribution in [0.1, 0.15) is 24.0 Å². The molecule has 3 nitrogen and oxygen atoms in total. The molecule has 3 heteroatoms. The molecule has 0 radical (unpaired) electrons. The summed E-state index contributed by atoms with van der Waals surface area (Å²) in [5.41, 5.74) is 3.07. The smallest absolute Gasteiger partial charge is 0.291 e. The van der Waals surface area contributed by atoms with Crippen LogP contribution in [0.5, 0.6) is 0 Å². The highest BCUT2D eigenvalue weighted by atomic mass is 16.2. The van der Waals surface area contributed by atoms with Gasteiger partial charge in [-0.1, -0.05) is 17.7 Å². The highest BCUT2D eigenvalue weighted by Gasteiger charge is 2.18. The molecule has 1 aliphatic heterocycles. The lowest BCUT2D eigenvalue weighted by Gasteiger charge is -2.14. The Labute approximate surface area is 88.5 Å². The van der Waals surface area contributed by atoms with Crippen LogP contribution in [0.25, 0.3) is 0 Å². The first-order chi connectivity index (χ1) is 7.16. The van der Waals surface area contributed by atoms with Gasteiger partial charge in [0.15, 0.2) is 0 Å². The number of amides is 1. The highest BCUT2D eigenvalue weighted by Crippen LogP contribution is 2.21. The Morgan fingerprint density at radius 2 is 2.00 bits per heavy atom. The minimum absolute atomic E-state index is 0.318. The van der Waals surface area contributed by atoms with Gasteiger partial charge in [-0.15, -0.1) is 0 Å². The van der Waals surface area contributed by atoms with Gasteiger partial charge < -0.3 is 5.32 Å². The van der Waals surface area contributed by atoms with E-state index in [4.69, 9.17) is 0 Å². The molecule has 0 spiro atoms. The first-order valence-electron chi connectivity index (χ1n) is 5.10. The maximum absolute atomic E-state index is 11.4. The van der Waals surface area contributed by atoms with Crippen LogP contribution in [0.3, 0.4) is 0 Å². The summed E-state index contributed by atoms with van der Waals surface area (Å²) in [5.74, 6) is -0.805. The van der Waals surface area contributed by atoms with Crippen molar-refractivity contribution in [3.8, 4) is 0 Å². The van der Waals surface area contributed by atoms with Gasteiger partial charge in [-0.25, -0.2) is 0 Å². The number of nitrogens with one attached hydrogen (secondary N) is 1. The molecule has 0 bridgehead atoms. The van der Waals surface area contributed by atoms with Crippen LogP contribution in [-0.2, 0) is 16.0 Å². The Morgan fingerprint density at radius 3 is 2.80 bits per heavy atom. The third-order valence-corrected chi connectivity index (χ3v) is 2.61. The van der Waals surface area contributed by atoms with E-state index < -0.39 is 5.91 Å². The zero-order chi connectivity index (χ0) is 10.8. The summed E-state index contributed by atoms with van der Waals surface area (Å²) in [6, 6.07) is 5.86. The number of benzene rings is 1. The lowest BCUT2D eigenvalue weighted by atomic mass is 10.00. The molecule has 0 fully saturated rings. The van der Waals surface area contributed by atoms with Gasteiger partial charge in [0.05, 0.1) is 0 Å². The van der Waals surface area contributed by atoms with Crippen LogP contribution in [0, 0.1) is 6.92 Å². The summed E-state index contributed by atoms with van der Waals surface area (Å²) in [6.07, 6.45) is 1.95. The number of hydrogen-bond donors (Lipinski definition) is 1. The molecule has 0 saturated carbocycles. The maximum Gasteiger partial charge on any atom is 0.291 e. The summed E-state index contributed by atoms with van der Waals surface area (Å²) in [4.78, 5) is 22.6. The van der Waals surface area contributed by atoms with E-state index in [1.807, 2.05) is 19.1 Å². The second-order valence-electron chi connectivity index (χ2n) is 3.89. The van der Waals surface area contributed by atoms with E-state index >= 15 is 0 Å². The average Bonchev–Trinajstić information content (AvgIpc) is 2.19. The molecule has 1 aromatic carbocycles. The number of anilines is 1. The predicted octanol–water partition coefficient (Wildman–Crippen LogP) is 1.84. The standard InChI is InChI=1S/C12H13NO2/c1-8-5-6-10-9(7-8)3-2-4-11(14)12(15)13-10/h5-7H,2-4H2,1H3,(H,13,15). The van der Waals surface area contributed by atoms with Crippen molar-refractivity contribution >= 4 is 17.4 Å². The fourth-order valence-electron chi connectivity index (χ4n) is 1.80. The molecule has 1 N–H and O–H groups in total. The van der Waals surface area contributed by atoms with Crippen molar-refractivity contribution in [1.82, 2.24) is 0 Å². The first kappa shape index (κ1) is 9.90. The molecule has 0 saturated heterocycles. The van der Waals surface area contributed by atoms with Crippen molar-refractivity contribution in [2.24, 2.45) is 0 Å². The minimum atomic E-state index is -0.486. The second-order valence-corrected chi connectivity index (χ2v) is 3.89. The molecular formula is C12H13NO2. The van der Waals surface area contributed by atoms with Crippen molar-refractivity contribution < 1.29 is 9.59 Å². The Hall–Kier alpha value is -1.64. The average molecular weight is 203 g/mol. The van der Waals surface area contributed by atoms with E-state index in [-0.39, 0.29) is 5.78 Å². The van der Waals surface area contributed by atoms with E-state index in [9.17, 15) is 9.59 Å². The monoisotopic (exact) mass is 203 g/mol. The normalized spacial score (nSPS) is 16.3.